The van der Waals surface area contributed by atoms with Crippen LogP contribution in [0, 0.1) is 5.92 Å². The zero-order valence-corrected chi connectivity index (χ0v) is 12.4. The van der Waals surface area contributed by atoms with E-state index in [1.54, 1.807) is 0 Å². The highest BCUT2D eigenvalue weighted by Crippen LogP contribution is 2.12. The van der Waals surface area contributed by atoms with Gasteiger partial charge in [0, 0.05) is 10.9 Å². The van der Waals surface area contributed by atoms with Crippen LogP contribution in [0.1, 0.15) is 25.3 Å². The number of benzene rings is 1. The van der Waals surface area contributed by atoms with E-state index in [0.717, 1.165) is 17.3 Å². The molecule has 1 rings (SSSR count). The van der Waals surface area contributed by atoms with Gasteiger partial charge in [-0.2, -0.15) is 0 Å². The minimum atomic E-state index is -0.136. The average molecular weight is 311 g/mol. The Hall–Kier alpha value is -1.09. The number of hydrogen-bond acceptors (Lipinski definition) is 2. The summed E-state index contributed by atoms with van der Waals surface area (Å²) in [5, 5.41) is 0. The third kappa shape index (κ3) is 6.01. The number of rotatable bonds is 6. The fourth-order valence-corrected chi connectivity index (χ4v) is 1.87. The smallest absolute Gasteiger partial charge is 0.305 e. The van der Waals surface area contributed by atoms with Crippen molar-refractivity contribution in [2.45, 2.75) is 26.2 Å². The molecule has 0 spiro atoms. The van der Waals surface area contributed by atoms with Crippen molar-refractivity contribution in [3.05, 3.63) is 46.5 Å². The summed E-state index contributed by atoms with van der Waals surface area (Å²) >= 11 is 3.42. The third-order valence-corrected chi connectivity index (χ3v) is 3.29. The molecular weight excluding hydrogens is 292 g/mol. The van der Waals surface area contributed by atoms with E-state index in [0.29, 0.717) is 12.3 Å². The van der Waals surface area contributed by atoms with Crippen molar-refractivity contribution in [3.63, 3.8) is 0 Å². The first-order valence-electron chi connectivity index (χ1n) is 6.09. The lowest BCUT2D eigenvalue weighted by molar-refractivity contribution is -0.140. The molecule has 0 heterocycles. The molecule has 1 atom stereocenters. The van der Waals surface area contributed by atoms with Crippen molar-refractivity contribution in [1.29, 1.82) is 0 Å². The first kappa shape index (κ1) is 15.0. The minimum Gasteiger partial charge on any atom is -0.469 e. The number of carbonyl (C=O) groups excluding carboxylic acids is 1. The highest BCUT2D eigenvalue weighted by Gasteiger charge is 2.03. The third-order valence-electron chi connectivity index (χ3n) is 2.76. The Morgan fingerprint density at radius 3 is 2.67 bits per heavy atom. The number of esters is 1. The van der Waals surface area contributed by atoms with Gasteiger partial charge in [0.2, 0.25) is 0 Å². The van der Waals surface area contributed by atoms with E-state index < -0.39 is 0 Å². The monoisotopic (exact) mass is 310 g/mol. The van der Waals surface area contributed by atoms with Gasteiger partial charge in [0.05, 0.1) is 7.11 Å². The van der Waals surface area contributed by atoms with Crippen LogP contribution in [0.5, 0.6) is 0 Å². The maximum absolute atomic E-state index is 11.0. The fraction of sp³-hybridized carbons (Fsp3) is 0.400. The number of carbonyl (C=O) groups is 1. The zero-order valence-electron chi connectivity index (χ0n) is 10.9. The quantitative estimate of drug-likeness (QED) is 0.583. The lowest BCUT2D eigenvalue weighted by atomic mass is 10.0. The van der Waals surface area contributed by atoms with E-state index in [4.69, 9.17) is 0 Å². The molecule has 0 saturated heterocycles. The topological polar surface area (TPSA) is 26.3 Å². The van der Waals surface area contributed by atoms with Crippen molar-refractivity contribution in [1.82, 2.24) is 0 Å². The second kappa shape index (κ2) is 8.09. The fourth-order valence-electron chi connectivity index (χ4n) is 1.60. The van der Waals surface area contributed by atoms with Crippen molar-refractivity contribution >= 4 is 21.9 Å². The molecular formula is C15H19BrO2. The standard InChI is InChI=1S/C15H19BrO2/c1-12(6-11-15(17)18-2)4-3-5-13-7-9-14(16)10-8-13/h3-4,7-10,12H,5-6,11H2,1-2H3/b4-3+/t12-/m1/s1. The second-order valence-corrected chi connectivity index (χ2v) is 5.27. The van der Waals surface area contributed by atoms with E-state index in [2.05, 4.69) is 51.9 Å². The van der Waals surface area contributed by atoms with Crippen LogP contribution in [-0.2, 0) is 16.0 Å². The molecule has 1 aromatic carbocycles. The lowest BCUT2D eigenvalue weighted by Crippen LogP contribution is -2.02. The van der Waals surface area contributed by atoms with Gasteiger partial charge in [0.15, 0.2) is 0 Å². The van der Waals surface area contributed by atoms with Gasteiger partial charge in [-0.25, -0.2) is 0 Å². The number of allylic oxidation sites excluding steroid dienone is 2. The van der Waals surface area contributed by atoms with Crippen LogP contribution in [0.4, 0.5) is 0 Å². The molecule has 0 bridgehead atoms. The summed E-state index contributed by atoms with van der Waals surface area (Å²) in [7, 11) is 1.43. The summed E-state index contributed by atoms with van der Waals surface area (Å²) in [4.78, 5) is 11.0. The predicted molar refractivity (Wildman–Crippen MR) is 77.4 cm³/mol. The van der Waals surface area contributed by atoms with Gasteiger partial charge in [-0.15, -0.1) is 0 Å². The van der Waals surface area contributed by atoms with Gasteiger partial charge in [0.25, 0.3) is 0 Å². The van der Waals surface area contributed by atoms with Gasteiger partial charge < -0.3 is 4.74 Å². The number of hydrogen-bond donors (Lipinski definition) is 0. The zero-order chi connectivity index (χ0) is 13.4. The molecule has 0 aromatic heterocycles. The van der Waals surface area contributed by atoms with Crippen molar-refractivity contribution in [2.75, 3.05) is 7.11 Å². The predicted octanol–water partition coefficient (Wildman–Crippen LogP) is 4.14. The largest absolute Gasteiger partial charge is 0.469 e. The second-order valence-electron chi connectivity index (χ2n) is 4.35. The molecule has 0 radical (unpaired) electrons. The van der Waals surface area contributed by atoms with E-state index >= 15 is 0 Å². The molecule has 0 fully saturated rings. The van der Waals surface area contributed by atoms with E-state index in [9.17, 15) is 4.79 Å². The summed E-state index contributed by atoms with van der Waals surface area (Å²) in [6, 6.07) is 8.30. The van der Waals surface area contributed by atoms with Crippen molar-refractivity contribution in [3.8, 4) is 0 Å². The molecule has 3 heteroatoms. The van der Waals surface area contributed by atoms with E-state index in [1.807, 2.05) is 12.1 Å². The average Bonchev–Trinajstić information content (AvgIpc) is 2.38. The van der Waals surface area contributed by atoms with Gasteiger partial charge in [-0.1, -0.05) is 47.1 Å². The minimum absolute atomic E-state index is 0.136. The Morgan fingerprint density at radius 1 is 1.39 bits per heavy atom. The van der Waals surface area contributed by atoms with Gasteiger partial charge in [-0.3, -0.25) is 4.79 Å². The van der Waals surface area contributed by atoms with Gasteiger partial charge in [0.1, 0.15) is 0 Å². The van der Waals surface area contributed by atoms with Crippen molar-refractivity contribution < 1.29 is 9.53 Å². The van der Waals surface area contributed by atoms with Crippen LogP contribution in [0.25, 0.3) is 0 Å². The first-order valence-corrected chi connectivity index (χ1v) is 6.89. The Balaban J connectivity index is 2.31. The normalized spacial score (nSPS) is 12.6. The molecule has 1 aromatic rings. The van der Waals surface area contributed by atoms with Gasteiger partial charge in [-0.05, 0) is 36.5 Å². The molecule has 98 valence electrons. The Kier molecular flexibility index (Phi) is 6.73. The Bertz CT molecular complexity index is 395. The molecule has 0 unspecified atom stereocenters. The number of halogens is 1. The maximum atomic E-state index is 11.0. The number of methoxy groups -OCH3 is 1. The molecule has 0 saturated carbocycles. The van der Waals surface area contributed by atoms with Crippen LogP contribution >= 0.6 is 15.9 Å². The Labute approximate surface area is 117 Å². The summed E-state index contributed by atoms with van der Waals surface area (Å²) < 4.78 is 5.72. The molecule has 18 heavy (non-hydrogen) atoms. The Morgan fingerprint density at radius 2 is 2.06 bits per heavy atom. The molecule has 2 nitrogen and oxygen atoms in total. The molecule has 0 aliphatic carbocycles. The van der Waals surface area contributed by atoms with Crippen LogP contribution < -0.4 is 0 Å². The molecule has 0 aliphatic heterocycles. The SMILES string of the molecule is COC(=O)CC[C@H](C)/C=C/Cc1ccc(Br)cc1. The lowest BCUT2D eigenvalue weighted by Gasteiger charge is -2.04. The highest BCUT2D eigenvalue weighted by molar-refractivity contribution is 9.10. The van der Waals surface area contributed by atoms with Crippen molar-refractivity contribution in [2.24, 2.45) is 5.92 Å². The number of ether oxygens (including phenoxy) is 1. The summed E-state index contributed by atoms with van der Waals surface area (Å²) in [5.41, 5.74) is 1.29. The van der Waals surface area contributed by atoms with Gasteiger partial charge >= 0.3 is 5.97 Å². The van der Waals surface area contributed by atoms with Crippen LogP contribution in [0.3, 0.4) is 0 Å². The summed E-state index contributed by atoms with van der Waals surface area (Å²) in [5.74, 6) is 0.266. The highest BCUT2D eigenvalue weighted by atomic mass is 79.9. The summed E-state index contributed by atoms with van der Waals surface area (Å²) in [6.45, 7) is 2.11. The first-order chi connectivity index (χ1) is 8.61. The summed E-state index contributed by atoms with van der Waals surface area (Å²) in [6.07, 6.45) is 6.57. The van der Waals surface area contributed by atoms with Crippen LogP contribution in [-0.4, -0.2) is 13.1 Å². The molecule has 0 N–H and O–H groups in total. The van der Waals surface area contributed by atoms with E-state index in [1.165, 1.54) is 12.7 Å². The van der Waals surface area contributed by atoms with E-state index in [-0.39, 0.29) is 5.97 Å². The molecule has 0 amide bonds. The van der Waals surface area contributed by atoms with Crippen LogP contribution in [0.2, 0.25) is 0 Å². The molecule has 0 aliphatic rings. The van der Waals surface area contributed by atoms with Crippen LogP contribution in [0.15, 0.2) is 40.9 Å². The maximum Gasteiger partial charge on any atom is 0.305 e.